The van der Waals surface area contributed by atoms with Gasteiger partial charge >= 0.3 is 6.09 Å². The zero-order valence-corrected chi connectivity index (χ0v) is 23.0. The lowest BCUT2D eigenvalue weighted by molar-refractivity contribution is 0.0772. The van der Waals surface area contributed by atoms with Crippen molar-refractivity contribution in [3.05, 3.63) is 57.9 Å². The van der Waals surface area contributed by atoms with Crippen LogP contribution in [0.2, 0.25) is 5.02 Å². The molecule has 2 aromatic rings. The van der Waals surface area contributed by atoms with Crippen LogP contribution in [-0.4, -0.2) is 71.2 Å². The van der Waals surface area contributed by atoms with Crippen LogP contribution in [0.1, 0.15) is 59.3 Å². The van der Waals surface area contributed by atoms with Gasteiger partial charge in [0.15, 0.2) is 0 Å². The van der Waals surface area contributed by atoms with Gasteiger partial charge in [-0.1, -0.05) is 43.4 Å². The van der Waals surface area contributed by atoms with Crippen LogP contribution in [-0.2, 0) is 0 Å². The molecule has 1 aromatic heterocycles. The number of aryl methyl sites for hydroxylation is 3. The molecule has 200 valence electrons. The lowest BCUT2D eigenvalue weighted by Gasteiger charge is -2.24. The average molecular weight is 527 g/mol. The molecular weight excluding hydrogens is 488 g/mol. The quantitative estimate of drug-likeness (QED) is 0.514. The Kier molecular flexibility index (Phi) is 9.08. The Labute approximate surface area is 225 Å². The van der Waals surface area contributed by atoms with Crippen molar-refractivity contribution in [3.8, 4) is 0 Å². The largest absolute Gasteiger partial charge is 0.465 e. The monoisotopic (exact) mass is 526 g/mol. The maximum atomic E-state index is 13.1. The van der Waals surface area contributed by atoms with Gasteiger partial charge in [-0.2, -0.15) is 0 Å². The van der Waals surface area contributed by atoms with Crippen molar-refractivity contribution < 1.29 is 14.7 Å². The van der Waals surface area contributed by atoms with Crippen LogP contribution in [0.5, 0.6) is 0 Å². The van der Waals surface area contributed by atoms with Crippen LogP contribution < -0.4 is 4.90 Å². The highest BCUT2D eigenvalue weighted by molar-refractivity contribution is 6.31. The SMILES string of the molecule is C1CCC1.Cc1ccc(N(CCCN2CC3CN(C(=O)c4c(C)ccnc4C)CC3C2)C(=O)O)cc1Cl. The van der Waals surface area contributed by atoms with Crippen LogP contribution in [0.25, 0.3) is 0 Å². The van der Waals surface area contributed by atoms with Crippen molar-refractivity contribution in [2.75, 3.05) is 44.2 Å². The Morgan fingerprint density at radius 3 is 2.19 bits per heavy atom. The molecule has 5 rings (SSSR count). The van der Waals surface area contributed by atoms with Gasteiger partial charge in [-0.15, -0.1) is 0 Å². The molecule has 2 aliphatic heterocycles. The van der Waals surface area contributed by atoms with Gasteiger partial charge < -0.3 is 14.9 Å². The number of likely N-dealkylation sites (tertiary alicyclic amines) is 2. The van der Waals surface area contributed by atoms with E-state index in [1.165, 1.54) is 30.6 Å². The average Bonchev–Trinajstić information content (AvgIpc) is 3.36. The minimum Gasteiger partial charge on any atom is -0.465 e. The normalized spacial score (nSPS) is 20.6. The van der Waals surface area contributed by atoms with E-state index in [9.17, 15) is 14.7 Å². The molecule has 1 aliphatic carbocycles. The van der Waals surface area contributed by atoms with Gasteiger partial charge in [-0.05, 0) is 74.9 Å². The molecule has 2 saturated heterocycles. The summed E-state index contributed by atoms with van der Waals surface area (Å²) < 4.78 is 0. The number of carbonyl (C=O) groups excluding carboxylic acids is 1. The van der Waals surface area contributed by atoms with Gasteiger partial charge in [0.05, 0.1) is 11.3 Å². The van der Waals surface area contributed by atoms with Gasteiger partial charge in [0.25, 0.3) is 5.91 Å². The van der Waals surface area contributed by atoms with Crippen LogP contribution >= 0.6 is 11.6 Å². The van der Waals surface area contributed by atoms with Crippen molar-refractivity contribution in [1.82, 2.24) is 14.8 Å². The fraction of sp³-hybridized carbons (Fsp3) is 0.552. The summed E-state index contributed by atoms with van der Waals surface area (Å²) in [7, 11) is 0. The predicted molar refractivity (Wildman–Crippen MR) is 148 cm³/mol. The smallest absolute Gasteiger partial charge is 0.411 e. The summed E-state index contributed by atoms with van der Waals surface area (Å²) in [5.74, 6) is 1.03. The highest BCUT2D eigenvalue weighted by Crippen LogP contribution is 2.32. The molecule has 3 heterocycles. The number of pyridine rings is 1. The molecule has 0 bridgehead atoms. The summed E-state index contributed by atoms with van der Waals surface area (Å²) in [6.45, 7) is 10.5. The third kappa shape index (κ3) is 6.63. The second-order valence-corrected chi connectivity index (χ2v) is 11.1. The molecule has 2 amide bonds. The molecule has 3 aliphatic rings. The van der Waals surface area contributed by atoms with Crippen LogP contribution in [0, 0.1) is 32.6 Å². The highest BCUT2D eigenvalue weighted by atomic mass is 35.5. The Balaban J connectivity index is 0.000000730. The molecule has 2 atom stereocenters. The van der Waals surface area contributed by atoms with E-state index >= 15 is 0 Å². The van der Waals surface area contributed by atoms with Crippen LogP contribution in [0.15, 0.2) is 30.5 Å². The molecule has 3 fully saturated rings. The van der Waals surface area contributed by atoms with E-state index in [1.54, 1.807) is 18.3 Å². The second kappa shape index (κ2) is 12.3. The molecule has 1 aromatic carbocycles. The number of fused-ring (bicyclic) bond motifs is 1. The van der Waals surface area contributed by atoms with Crippen molar-refractivity contribution in [3.63, 3.8) is 0 Å². The maximum absolute atomic E-state index is 13.1. The summed E-state index contributed by atoms with van der Waals surface area (Å²) in [4.78, 5) is 34.9. The van der Waals surface area contributed by atoms with Gasteiger partial charge in [-0.3, -0.25) is 14.7 Å². The Morgan fingerprint density at radius 2 is 1.65 bits per heavy atom. The molecule has 2 unspecified atom stereocenters. The molecule has 0 radical (unpaired) electrons. The topological polar surface area (TPSA) is 77.0 Å². The van der Waals surface area contributed by atoms with E-state index in [0.717, 1.165) is 61.5 Å². The fourth-order valence-electron chi connectivity index (χ4n) is 5.40. The Bertz CT molecular complexity index is 1080. The number of nitrogens with zero attached hydrogens (tertiary/aromatic N) is 4. The summed E-state index contributed by atoms with van der Waals surface area (Å²) in [5, 5.41) is 10.2. The molecule has 1 N–H and O–H groups in total. The van der Waals surface area contributed by atoms with E-state index in [-0.39, 0.29) is 5.91 Å². The first-order valence-corrected chi connectivity index (χ1v) is 13.8. The highest BCUT2D eigenvalue weighted by Gasteiger charge is 2.41. The lowest BCUT2D eigenvalue weighted by Crippen LogP contribution is -2.36. The number of halogens is 1. The third-order valence-corrected chi connectivity index (χ3v) is 8.37. The Hall–Kier alpha value is -2.64. The first kappa shape index (κ1) is 27.4. The summed E-state index contributed by atoms with van der Waals surface area (Å²) in [5.41, 5.74) is 4.03. The number of rotatable bonds is 6. The zero-order chi connectivity index (χ0) is 26.5. The number of benzene rings is 1. The van der Waals surface area contributed by atoms with Crippen molar-refractivity contribution in [2.24, 2.45) is 11.8 Å². The van der Waals surface area contributed by atoms with Gasteiger partial charge in [-0.25, -0.2) is 4.79 Å². The Morgan fingerprint density at radius 1 is 1.00 bits per heavy atom. The molecular formula is C29H39ClN4O3. The van der Waals surface area contributed by atoms with Crippen molar-refractivity contribution >= 4 is 29.3 Å². The van der Waals surface area contributed by atoms with Crippen LogP contribution in [0.4, 0.5) is 10.5 Å². The summed E-state index contributed by atoms with van der Waals surface area (Å²) in [6, 6.07) is 7.25. The number of hydrogen-bond acceptors (Lipinski definition) is 4. The van der Waals surface area contributed by atoms with E-state index in [0.29, 0.717) is 29.1 Å². The summed E-state index contributed by atoms with van der Waals surface area (Å²) in [6.07, 6.45) is 7.52. The predicted octanol–water partition coefficient (Wildman–Crippen LogP) is 5.80. The van der Waals surface area contributed by atoms with E-state index in [1.807, 2.05) is 37.8 Å². The van der Waals surface area contributed by atoms with E-state index in [4.69, 9.17) is 11.6 Å². The van der Waals surface area contributed by atoms with E-state index in [2.05, 4.69) is 9.88 Å². The minimum atomic E-state index is -0.969. The number of carboxylic acid groups (broad SMARTS) is 1. The molecule has 1 saturated carbocycles. The fourth-order valence-corrected chi connectivity index (χ4v) is 5.58. The maximum Gasteiger partial charge on any atom is 0.411 e. The minimum absolute atomic E-state index is 0.0907. The van der Waals surface area contributed by atoms with Gasteiger partial charge in [0, 0.05) is 49.6 Å². The molecule has 0 spiro atoms. The second-order valence-electron chi connectivity index (χ2n) is 10.7. The van der Waals surface area contributed by atoms with Gasteiger partial charge in [0.2, 0.25) is 0 Å². The van der Waals surface area contributed by atoms with Crippen LogP contribution in [0.3, 0.4) is 0 Å². The number of hydrogen-bond donors (Lipinski definition) is 1. The standard InChI is InChI=1S/C25H31ClN4O3.C4H8/c1-16-5-6-21(11-22(16)26)30(25(32)33)10-4-9-28-12-19-14-29(15-20(19)13-28)24(31)23-17(2)7-8-27-18(23)3;1-2-4-3-1/h5-8,11,19-20H,4,9-10,12-15H2,1-3H3,(H,32,33);1-4H2. The number of amides is 2. The number of aromatic nitrogens is 1. The molecule has 37 heavy (non-hydrogen) atoms. The van der Waals surface area contributed by atoms with Gasteiger partial charge in [0.1, 0.15) is 0 Å². The van der Waals surface area contributed by atoms with Crippen molar-refractivity contribution in [1.29, 1.82) is 0 Å². The molecule has 8 heteroatoms. The first-order chi connectivity index (χ1) is 17.7. The number of carbonyl (C=O) groups is 2. The third-order valence-electron chi connectivity index (χ3n) is 7.97. The zero-order valence-electron chi connectivity index (χ0n) is 22.3. The number of anilines is 1. The lowest BCUT2D eigenvalue weighted by atomic mass is 10.0. The summed E-state index contributed by atoms with van der Waals surface area (Å²) >= 11 is 6.19. The van der Waals surface area contributed by atoms with E-state index < -0.39 is 6.09 Å². The molecule has 7 nitrogen and oxygen atoms in total. The first-order valence-electron chi connectivity index (χ1n) is 13.4. The van der Waals surface area contributed by atoms with Crippen molar-refractivity contribution in [2.45, 2.75) is 52.9 Å².